The van der Waals surface area contributed by atoms with Gasteiger partial charge in [0.1, 0.15) is 23.2 Å². The second-order valence-electron chi connectivity index (χ2n) is 10.5. The summed E-state index contributed by atoms with van der Waals surface area (Å²) < 4.78 is 23.0. The largest absolute Gasteiger partial charge is 0.458 e. The molecule has 5 rings (SSSR count). The van der Waals surface area contributed by atoms with Gasteiger partial charge in [-0.25, -0.2) is 0 Å². The van der Waals surface area contributed by atoms with Gasteiger partial charge in [0.05, 0.1) is 36.9 Å². The van der Waals surface area contributed by atoms with Gasteiger partial charge in [0.25, 0.3) is 0 Å². The van der Waals surface area contributed by atoms with Gasteiger partial charge < -0.3 is 23.7 Å². The van der Waals surface area contributed by atoms with Crippen LogP contribution in [0.3, 0.4) is 0 Å². The summed E-state index contributed by atoms with van der Waals surface area (Å²) >= 11 is 0. The van der Waals surface area contributed by atoms with Crippen LogP contribution in [0.15, 0.2) is 81.7 Å². The highest BCUT2D eigenvalue weighted by molar-refractivity contribution is 5.83. The Morgan fingerprint density at radius 3 is 2.46 bits per heavy atom. The Bertz CT molecular complexity index is 1620. The highest BCUT2D eigenvalue weighted by atomic mass is 16.5. The van der Waals surface area contributed by atoms with Crippen LogP contribution in [0.1, 0.15) is 62.7 Å². The van der Waals surface area contributed by atoms with Gasteiger partial charge in [-0.2, -0.15) is 0 Å². The highest BCUT2D eigenvalue weighted by Crippen LogP contribution is 2.35. The van der Waals surface area contributed by atoms with E-state index in [2.05, 4.69) is 42.5 Å². The third-order valence-corrected chi connectivity index (χ3v) is 7.32. The van der Waals surface area contributed by atoms with E-state index in [1.165, 1.54) is 5.56 Å². The number of methoxy groups -OCH3 is 1. The van der Waals surface area contributed by atoms with E-state index >= 15 is 0 Å². The molecule has 0 aliphatic carbocycles. The van der Waals surface area contributed by atoms with Crippen molar-refractivity contribution in [2.24, 2.45) is 0 Å². The number of nitrogens with zero attached hydrogens (tertiary/aromatic N) is 1. The molecule has 2 heterocycles. The van der Waals surface area contributed by atoms with Crippen LogP contribution >= 0.6 is 0 Å². The number of carbonyl (C=O) groups excluding carboxylic acids is 1. The third-order valence-electron chi connectivity index (χ3n) is 7.32. The zero-order valence-electron chi connectivity index (χ0n) is 24.2. The van der Waals surface area contributed by atoms with Crippen molar-refractivity contribution in [2.45, 2.75) is 46.3 Å². The smallest absolute Gasteiger partial charge is 0.225 e. The fraction of sp³-hybridized carbons (Fsp3) is 0.294. The maximum absolute atomic E-state index is 13.4. The van der Waals surface area contributed by atoms with E-state index in [1.807, 2.05) is 68.4 Å². The standard InChI is InChI=1S/C34H36N2O5/c1-21-11-13-28(22(2)17-21)33(26-9-7-6-8-10-26)35-31(37)19-25-12-14-29-27(18-25)20-30(40-29)34(39-16-15-38-5)32-23(3)36-41-24(32)4/h6-14,17-18,20,33-34H,15-16,19H2,1-5H3,(H,35,37). The minimum atomic E-state index is -0.486. The van der Waals surface area contributed by atoms with E-state index in [9.17, 15) is 4.79 Å². The first-order valence-electron chi connectivity index (χ1n) is 13.8. The molecule has 2 atom stereocenters. The summed E-state index contributed by atoms with van der Waals surface area (Å²) in [5, 5.41) is 8.27. The number of benzene rings is 3. The second-order valence-corrected chi connectivity index (χ2v) is 10.5. The molecule has 7 heteroatoms. The van der Waals surface area contributed by atoms with E-state index in [0.717, 1.165) is 38.9 Å². The van der Waals surface area contributed by atoms with E-state index in [4.69, 9.17) is 18.4 Å². The van der Waals surface area contributed by atoms with Crippen LogP contribution in [-0.2, 0) is 20.7 Å². The first kappa shape index (κ1) is 28.3. The Morgan fingerprint density at radius 2 is 1.76 bits per heavy atom. The zero-order chi connectivity index (χ0) is 28.9. The van der Waals surface area contributed by atoms with Crippen molar-refractivity contribution in [1.29, 1.82) is 0 Å². The number of hydrogen-bond acceptors (Lipinski definition) is 6. The Morgan fingerprint density at radius 1 is 0.951 bits per heavy atom. The Balaban J connectivity index is 1.38. The molecule has 0 saturated carbocycles. The molecule has 0 fully saturated rings. The lowest BCUT2D eigenvalue weighted by molar-refractivity contribution is -0.120. The molecule has 0 aliphatic heterocycles. The molecule has 3 aromatic carbocycles. The van der Waals surface area contributed by atoms with Crippen LogP contribution in [0.25, 0.3) is 11.0 Å². The number of amides is 1. The average molecular weight is 553 g/mol. The monoisotopic (exact) mass is 552 g/mol. The SMILES string of the molecule is COCCOC(c1cc2cc(CC(=O)NC(c3ccccc3)c3ccc(C)cc3C)ccc2o1)c1c(C)noc1C. The van der Waals surface area contributed by atoms with Crippen LogP contribution in [0, 0.1) is 27.7 Å². The van der Waals surface area contributed by atoms with E-state index in [-0.39, 0.29) is 18.4 Å². The van der Waals surface area contributed by atoms with Gasteiger partial charge in [-0.15, -0.1) is 0 Å². The molecular formula is C34H36N2O5. The molecule has 41 heavy (non-hydrogen) atoms. The predicted molar refractivity (Wildman–Crippen MR) is 158 cm³/mol. The summed E-state index contributed by atoms with van der Waals surface area (Å²) in [4.78, 5) is 13.4. The van der Waals surface area contributed by atoms with Crippen LogP contribution in [0.5, 0.6) is 0 Å². The highest BCUT2D eigenvalue weighted by Gasteiger charge is 2.27. The Hall–Kier alpha value is -4.20. The number of furan rings is 1. The molecule has 0 bridgehead atoms. The summed E-state index contributed by atoms with van der Waals surface area (Å²) in [7, 11) is 1.64. The normalized spacial score (nSPS) is 12.9. The first-order valence-corrected chi connectivity index (χ1v) is 13.8. The average Bonchev–Trinajstić information content (AvgIpc) is 3.53. The van der Waals surface area contributed by atoms with E-state index < -0.39 is 6.10 Å². The molecule has 1 amide bonds. The second kappa shape index (κ2) is 12.5. The summed E-state index contributed by atoms with van der Waals surface area (Å²) in [6.07, 6.45) is -0.248. The van der Waals surface area contributed by atoms with Gasteiger partial charge in [0.15, 0.2) is 0 Å². The van der Waals surface area contributed by atoms with E-state index in [1.54, 1.807) is 7.11 Å². The number of aromatic nitrogens is 1. The Labute approximate surface area is 240 Å². The van der Waals surface area contributed by atoms with Gasteiger partial charge in [0.2, 0.25) is 5.91 Å². The van der Waals surface area contributed by atoms with Gasteiger partial charge in [-0.05, 0) is 68.1 Å². The molecule has 1 N–H and O–H groups in total. The number of fused-ring (bicyclic) bond motifs is 1. The van der Waals surface area contributed by atoms with Gasteiger partial charge in [-0.1, -0.05) is 65.3 Å². The van der Waals surface area contributed by atoms with Crippen molar-refractivity contribution in [3.05, 3.63) is 123 Å². The van der Waals surface area contributed by atoms with Crippen molar-refractivity contribution in [3.8, 4) is 0 Å². The topological polar surface area (TPSA) is 86.7 Å². The first-order chi connectivity index (χ1) is 19.8. The molecule has 7 nitrogen and oxygen atoms in total. The number of ether oxygens (including phenoxy) is 2. The molecule has 0 saturated heterocycles. The summed E-state index contributed by atoms with van der Waals surface area (Å²) in [5.41, 5.74) is 7.67. The third kappa shape index (κ3) is 6.42. The molecule has 2 unspecified atom stereocenters. The number of rotatable bonds is 11. The van der Waals surface area contributed by atoms with Crippen molar-refractivity contribution in [1.82, 2.24) is 10.5 Å². The fourth-order valence-corrected chi connectivity index (χ4v) is 5.31. The van der Waals surface area contributed by atoms with Gasteiger partial charge >= 0.3 is 0 Å². The number of aryl methyl sites for hydroxylation is 4. The van der Waals surface area contributed by atoms with Gasteiger partial charge in [-0.3, -0.25) is 4.79 Å². The maximum atomic E-state index is 13.4. The molecule has 2 aromatic heterocycles. The molecule has 0 aliphatic rings. The minimum Gasteiger partial charge on any atom is -0.458 e. The maximum Gasteiger partial charge on any atom is 0.225 e. The summed E-state index contributed by atoms with van der Waals surface area (Å²) in [5.74, 6) is 1.27. The zero-order valence-corrected chi connectivity index (χ0v) is 24.2. The quantitative estimate of drug-likeness (QED) is 0.180. The lowest BCUT2D eigenvalue weighted by Crippen LogP contribution is -2.31. The van der Waals surface area contributed by atoms with Crippen molar-refractivity contribution < 1.29 is 23.2 Å². The van der Waals surface area contributed by atoms with Crippen LogP contribution < -0.4 is 5.32 Å². The van der Waals surface area contributed by atoms with Crippen molar-refractivity contribution >= 4 is 16.9 Å². The molecular weight excluding hydrogens is 516 g/mol. The molecule has 0 radical (unpaired) electrons. The van der Waals surface area contributed by atoms with Crippen molar-refractivity contribution in [3.63, 3.8) is 0 Å². The number of nitrogens with one attached hydrogen (secondary N) is 1. The lowest BCUT2D eigenvalue weighted by Gasteiger charge is -2.22. The molecule has 0 spiro atoms. The van der Waals surface area contributed by atoms with E-state index in [0.29, 0.717) is 30.3 Å². The van der Waals surface area contributed by atoms with Crippen molar-refractivity contribution in [2.75, 3.05) is 20.3 Å². The van der Waals surface area contributed by atoms with Crippen LogP contribution in [0.4, 0.5) is 0 Å². The summed E-state index contributed by atoms with van der Waals surface area (Å²) in [6.45, 7) is 8.75. The lowest BCUT2D eigenvalue weighted by atomic mass is 9.93. The number of carbonyl (C=O) groups is 1. The summed E-state index contributed by atoms with van der Waals surface area (Å²) in [6, 6.07) is 24.0. The molecule has 5 aromatic rings. The number of hydrogen-bond donors (Lipinski definition) is 1. The van der Waals surface area contributed by atoms with Crippen LogP contribution in [0.2, 0.25) is 0 Å². The van der Waals surface area contributed by atoms with Gasteiger partial charge in [0, 0.05) is 12.5 Å². The predicted octanol–water partition coefficient (Wildman–Crippen LogP) is 6.86. The minimum absolute atomic E-state index is 0.0570. The fourth-order valence-electron chi connectivity index (χ4n) is 5.31. The van der Waals surface area contributed by atoms with Crippen LogP contribution in [-0.4, -0.2) is 31.4 Å². The Kier molecular flexibility index (Phi) is 8.67. The molecule has 212 valence electrons.